The zero-order chi connectivity index (χ0) is 14.8. The summed E-state index contributed by atoms with van der Waals surface area (Å²) in [6.45, 7) is 1.20. The van der Waals surface area contributed by atoms with Gasteiger partial charge in [-0.1, -0.05) is 17.7 Å². The van der Waals surface area contributed by atoms with Crippen LogP contribution in [0.1, 0.15) is 11.1 Å². The van der Waals surface area contributed by atoms with Crippen LogP contribution in [0.25, 0.3) is 0 Å². The van der Waals surface area contributed by atoms with E-state index in [1.807, 2.05) is 0 Å². The highest BCUT2D eigenvalue weighted by atomic mass is 35.5. The van der Waals surface area contributed by atoms with Crippen molar-refractivity contribution in [2.45, 2.75) is 19.1 Å². The average molecular weight is 310 g/mol. The maximum absolute atomic E-state index is 13.1. The topological polar surface area (TPSA) is 21.3 Å². The lowest BCUT2D eigenvalue weighted by atomic mass is 10.1. The molecule has 2 aromatic carbocycles. The maximum atomic E-state index is 13.1. The SMILES string of the molecule is Fc1ccc2c(c1)CC(CNCc1ccc(F)c(Cl)c1)O2. The van der Waals surface area contributed by atoms with E-state index in [4.69, 9.17) is 16.3 Å². The number of hydrogen-bond donors (Lipinski definition) is 1. The molecule has 0 spiro atoms. The summed E-state index contributed by atoms with van der Waals surface area (Å²) < 4.78 is 31.9. The minimum atomic E-state index is -0.419. The minimum Gasteiger partial charge on any atom is -0.488 e. The molecule has 0 amide bonds. The average Bonchev–Trinajstić information content (AvgIpc) is 2.84. The fourth-order valence-corrected chi connectivity index (χ4v) is 2.63. The lowest BCUT2D eigenvalue weighted by Gasteiger charge is -2.12. The predicted molar refractivity (Wildman–Crippen MR) is 77.6 cm³/mol. The molecule has 2 nitrogen and oxygen atoms in total. The molecule has 1 aliphatic rings. The van der Waals surface area contributed by atoms with Crippen molar-refractivity contribution >= 4 is 11.6 Å². The van der Waals surface area contributed by atoms with Gasteiger partial charge in [-0.15, -0.1) is 0 Å². The van der Waals surface area contributed by atoms with E-state index in [1.54, 1.807) is 18.2 Å². The molecule has 1 heterocycles. The molecule has 1 N–H and O–H groups in total. The van der Waals surface area contributed by atoms with Crippen LogP contribution < -0.4 is 10.1 Å². The van der Waals surface area contributed by atoms with Crippen LogP contribution in [0, 0.1) is 11.6 Å². The third kappa shape index (κ3) is 3.34. The van der Waals surface area contributed by atoms with Gasteiger partial charge in [-0.25, -0.2) is 8.78 Å². The van der Waals surface area contributed by atoms with Crippen LogP contribution in [0.5, 0.6) is 5.75 Å². The Morgan fingerprint density at radius 3 is 2.86 bits per heavy atom. The van der Waals surface area contributed by atoms with Gasteiger partial charge in [-0.2, -0.15) is 0 Å². The number of benzene rings is 2. The summed E-state index contributed by atoms with van der Waals surface area (Å²) in [7, 11) is 0. The second-order valence-electron chi connectivity index (χ2n) is 5.08. The molecular weight excluding hydrogens is 296 g/mol. The van der Waals surface area contributed by atoms with E-state index in [2.05, 4.69) is 5.32 Å². The van der Waals surface area contributed by atoms with Crippen molar-refractivity contribution in [2.24, 2.45) is 0 Å². The van der Waals surface area contributed by atoms with Gasteiger partial charge in [0.1, 0.15) is 23.5 Å². The molecule has 0 aliphatic carbocycles. The van der Waals surface area contributed by atoms with E-state index < -0.39 is 5.82 Å². The van der Waals surface area contributed by atoms with Crippen molar-refractivity contribution in [1.82, 2.24) is 5.32 Å². The van der Waals surface area contributed by atoms with Gasteiger partial charge in [0.05, 0.1) is 5.02 Å². The van der Waals surface area contributed by atoms with Crippen molar-refractivity contribution in [3.8, 4) is 5.75 Å². The Morgan fingerprint density at radius 2 is 2.05 bits per heavy atom. The van der Waals surface area contributed by atoms with Gasteiger partial charge < -0.3 is 10.1 Å². The lowest BCUT2D eigenvalue weighted by molar-refractivity contribution is 0.227. The number of rotatable bonds is 4. The third-order valence-corrected chi connectivity index (χ3v) is 3.74. The first-order valence-corrected chi connectivity index (χ1v) is 7.09. The summed E-state index contributed by atoms with van der Waals surface area (Å²) in [6.07, 6.45) is 0.669. The van der Waals surface area contributed by atoms with E-state index in [1.165, 1.54) is 18.2 Å². The van der Waals surface area contributed by atoms with E-state index >= 15 is 0 Å². The summed E-state index contributed by atoms with van der Waals surface area (Å²) in [6, 6.07) is 9.20. The third-order valence-electron chi connectivity index (χ3n) is 3.45. The van der Waals surface area contributed by atoms with Crippen LogP contribution in [0.4, 0.5) is 8.78 Å². The van der Waals surface area contributed by atoms with Crippen LogP contribution in [0.2, 0.25) is 5.02 Å². The Bertz CT molecular complexity index is 663. The number of ether oxygens (including phenoxy) is 1. The van der Waals surface area contributed by atoms with Crippen molar-refractivity contribution in [3.63, 3.8) is 0 Å². The molecule has 0 bridgehead atoms. The molecule has 5 heteroatoms. The van der Waals surface area contributed by atoms with Crippen molar-refractivity contribution in [1.29, 1.82) is 0 Å². The zero-order valence-corrected chi connectivity index (χ0v) is 12.0. The van der Waals surface area contributed by atoms with Gasteiger partial charge >= 0.3 is 0 Å². The molecule has 1 aliphatic heterocycles. The molecule has 2 aromatic rings. The first kappa shape index (κ1) is 14.3. The fraction of sp³-hybridized carbons (Fsp3) is 0.250. The van der Waals surface area contributed by atoms with Gasteiger partial charge in [0, 0.05) is 25.1 Å². The number of fused-ring (bicyclic) bond motifs is 1. The van der Waals surface area contributed by atoms with Gasteiger partial charge in [0.15, 0.2) is 0 Å². The van der Waals surface area contributed by atoms with E-state index in [0.717, 1.165) is 16.9 Å². The van der Waals surface area contributed by atoms with Gasteiger partial charge in [0.25, 0.3) is 0 Å². The highest BCUT2D eigenvalue weighted by Gasteiger charge is 2.22. The molecule has 0 saturated carbocycles. The van der Waals surface area contributed by atoms with Gasteiger partial charge in [0.2, 0.25) is 0 Å². The van der Waals surface area contributed by atoms with Crippen LogP contribution in [-0.4, -0.2) is 12.6 Å². The summed E-state index contributed by atoms with van der Waals surface area (Å²) in [4.78, 5) is 0. The van der Waals surface area contributed by atoms with Crippen LogP contribution in [0.15, 0.2) is 36.4 Å². The Kier molecular flexibility index (Phi) is 4.08. The fourth-order valence-electron chi connectivity index (χ4n) is 2.43. The van der Waals surface area contributed by atoms with E-state index in [9.17, 15) is 8.78 Å². The number of nitrogens with one attached hydrogen (secondary N) is 1. The smallest absolute Gasteiger partial charge is 0.141 e. The Morgan fingerprint density at radius 1 is 1.19 bits per heavy atom. The lowest BCUT2D eigenvalue weighted by Crippen LogP contribution is -2.29. The van der Waals surface area contributed by atoms with Gasteiger partial charge in [-0.05, 0) is 35.9 Å². The summed E-state index contributed by atoms with van der Waals surface area (Å²) in [5, 5.41) is 3.36. The molecule has 21 heavy (non-hydrogen) atoms. The van der Waals surface area contributed by atoms with Crippen LogP contribution >= 0.6 is 11.6 Å². The molecule has 110 valence electrons. The molecule has 0 radical (unpaired) electrons. The standard InChI is InChI=1S/C16H14ClF2NO/c17-14-5-10(1-3-15(14)19)8-20-9-13-7-11-6-12(18)2-4-16(11)21-13/h1-6,13,20H,7-9H2. The second kappa shape index (κ2) is 6.00. The minimum absolute atomic E-state index is 0.0160. The Balaban J connectivity index is 1.52. The molecule has 0 saturated heterocycles. The first-order chi connectivity index (χ1) is 10.1. The Labute approximate surface area is 126 Å². The maximum Gasteiger partial charge on any atom is 0.141 e. The highest BCUT2D eigenvalue weighted by Crippen LogP contribution is 2.29. The van der Waals surface area contributed by atoms with E-state index in [0.29, 0.717) is 19.5 Å². The molecular formula is C16H14ClF2NO. The van der Waals surface area contributed by atoms with Crippen molar-refractivity contribution < 1.29 is 13.5 Å². The molecule has 1 unspecified atom stereocenters. The van der Waals surface area contributed by atoms with E-state index in [-0.39, 0.29) is 16.9 Å². The Hall–Kier alpha value is -1.65. The summed E-state index contributed by atoms with van der Waals surface area (Å²) >= 11 is 5.73. The molecule has 1 atom stereocenters. The molecule has 0 aromatic heterocycles. The first-order valence-electron chi connectivity index (χ1n) is 6.71. The monoisotopic (exact) mass is 309 g/mol. The van der Waals surface area contributed by atoms with Crippen molar-refractivity contribution in [3.05, 3.63) is 64.2 Å². The highest BCUT2D eigenvalue weighted by molar-refractivity contribution is 6.30. The zero-order valence-electron chi connectivity index (χ0n) is 11.2. The second-order valence-corrected chi connectivity index (χ2v) is 5.48. The van der Waals surface area contributed by atoms with Crippen LogP contribution in [0.3, 0.4) is 0 Å². The number of hydrogen-bond acceptors (Lipinski definition) is 2. The normalized spacial score (nSPS) is 16.6. The summed E-state index contributed by atoms with van der Waals surface area (Å²) in [5.41, 5.74) is 1.80. The van der Waals surface area contributed by atoms with Gasteiger partial charge in [-0.3, -0.25) is 0 Å². The molecule has 3 rings (SSSR count). The molecule has 0 fully saturated rings. The van der Waals surface area contributed by atoms with Crippen LogP contribution in [-0.2, 0) is 13.0 Å². The largest absolute Gasteiger partial charge is 0.488 e. The quantitative estimate of drug-likeness (QED) is 0.929. The predicted octanol–water partition coefficient (Wildman–Crippen LogP) is 3.71. The number of halogens is 3. The summed E-state index contributed by atoms with van der Waals surface area (Å²) in [5.74, 6) is 0.0805. The van der Waals surface area contributed by atoms with Crippen molar-refractivity contribution in [2.75, 3.05) is 6.54 Å².